The van der Waals surface area contributed by atoms with Crippen LogP contribution in [0.25, 0.3) is 0 Å². The third kappa shape index (κ3) is 1.61. The summed E-state index contributed by atoms with van der Waals surface area (Å²) in [5.74, 6) is -0.0428. The largest absolute Gasteiger partial charge is 0.354 e. The summed E-state index contributed by atoms with van der Waals surface area (Å²) < 4.78 is 0. The Morgan fingerprint density at radius 1 is 1.80 bits per heavy atom. The Morgan fingerprint density at radius 2 is 2.50 bits per heavy atom. The molecule has 56 valence electrons. The molecule has 1 fully saturated rings. The van der Waals surface area contributed by atoms with Crippen molar-refractivity contribution in [2.45, 2.75) is 12.5 Å². The van der Waals surface area contributed by atoms with Crippen LogP contribution in [-0.2, 0) is 4.79 Å². The van der Waals surface area contributed by atoms with Crippen molar-refractivity contribution in [3.63, 3.8) is 0 Å². The van der Waals surface area contributed by atoms with Crippen LogP contribution in [0.2, 0.25) is 0 Å². The Kier molecular flexibility index (Phi) is 1.75. The zero-order valence-corrected chi connectivity index (χ0v) is 5.39. The molecule has 1 aliphatic rings. The van der Waals surface area contributed by atoms with Crippen molar-refractivity contribution < 1.29 is 9.59 Å². The number of carbonyl (C=O) groups excluding carboxylic acids is 2. The van der Waals surface area contributed by atoms with Gasteiger partial charge in [-0.25, -0.2) is 4.79 Å². The van der Waals surface area contributed by atoms with E-state index in [9.17, 15) is 9.59 Å². The molecular weight excluding hydrogens is 134 g/mol. The van der Waals surface area contributed by atoms with Crippen LogP contribution >= 0.6 is 0 Å². The number of rotatable bonds is 1. The molecule has 4 N–H and O–H groups in total. The van der Waals surface area contributed by atoms with Gasteiger partial charge in [-0.1, -0.05) is 0 Å². The summed E-state index contributed by atoms with van der Waals surface area (Å²) in [6, 6.07) is -0.702. The Balaban J connectivity index is 2.31. The Bertz CT molecular complexity index is 168. The molecule has 0 aromatic carbocycles. The lowest BCUT2D eigenvalue weighted by molar-refractivity contribution is -0.119. The maximum atomic E-state index is 10.5. The van der Waals surface area contributed by atoms with Gasteiger partial charge >= 0.3 is 6.03 Å². The van der Waals surface area contributed by atoms with Crippen molar-refractivity contribution in [2.75, 3.05) is 6.54 Å². The molecule has 0 aromatic heterocycles. The SMILES string of the molecule is NC(=O)NC1CNC(=O)C1. The molecule has 0 bridgehead atoms. The number of urea groups is 1. The average Bonchev–Trinajstić information content (AvgIpc) is 2.13. The molecule has 0 spiro atoms. The number of carbonyl (C=O) groups is 2. The molecule has 1 unspecified atom stereocenters. The zero-order valence-electron chi connectivity index (χ0n) is 5.39. The van der Waals surface area contributed by atoms with E-state index in [1.54, 1.807) is 0 Å². The fourth-order valence-corrected chi connectivity index (χ4v) is 0.908. The molecule has 1 atom stereocenters. The van der Waals surface area contributed by atoms with Crippen LogP contribution < -0.4 is 16.4 Å². The fourth-order valence-electron chi connectivity index (χ4n) is 0.908. The highest BCUT2D eigenvalue weighted by molar-refractivity contribution is 5.80. The van der Waals surface area contributed by atoms with E-state index in [-0.39, 0.29) is 11.9 Å². The predicted molar refractivity (Wildman–Crippen MR) is 34.1 cm³/mol. The van der Waals surface area contributed by atoms with Crippen molar-refractivity contribution in [3.05, 3.63) is 0 Å². The molecular formula is C5H9N3O2. The molecule has 1 saturated heterocycles. The van der Waals surface area contributed by atoms with Crippen molar-refractivity contribution in [3.8, 4) is 0 Å². The second-order valence-corrected chi connectivity index (χ2v) is 2.21. The fraction of sp³-hybridized carbons (Fsp3) is 0.600. The van der Waals surface area contributed by atoms with Crippen LogP contribution in [0.4, 0.5) is 4.79 Å². The molecule has 3 amide bonds. The second-order valence-electron chi connectivity index (χ2n) is 2.21. The van der Waals surface area contributed by atoms with Crippen LogP contribution in [0.1, 0.15) is 6.42 Å². The van der Waals surface area contributed by atoms with E-state index < -0.39 is 6.03 Å². The zero-order chi connectivity index (χ0) is 7.56. The van der Waals surface area contributed by atoms with Gasteiger partial charge in [0.15, 0.2) is 0 Å². The summed E-state index contributed by atoms with van der Waals surface area (Å²) in [4.78, 5) is 20.8. The highest BCUT2D eigenvalue weighted by Gasteiger charge is 2.21. The molecule has 5 nitrogen and oxygen atoms in total. The molecule has 0 aromatic rings. The van der Waals surface area contributed by atoms with Gasteiger partial charge in [0.2, 0.25) is 5.91 Å². The highest BCUT2D eigenvalue weighted by Crippen LogP contribution is 1.97. The van der Waals surface area contributed by atoms with Gasteiger partial charge in [-0.3, -0.25) is 4.79 Å². The first-order chi connectivity index (χ1) is 4.68. The van der Waals surface area contributed by atoms with Gasteiger partial charge in [0.1, 0.15) is 0 Å². The van der Waals surface area contributed by atoms with Crippen molar-refractivity contribution >= 4 is 11.9 Å². The number of nitrogens with two attached hydrogens (primary N) is 1. The lowest BCUT2D eigenvalue weighted by Gasteiger charge is -2.05. The van der Waals surface area contributed by atoms with Crippen LogP contribution in [0.5, 0.6) is 0 Å². The minimum absolute atomic E-state index is 0.0428. The number of hydrogen-bond acceptors (Lipinski definition) is 2. The minimum atomic E-state index is -0.582. The van der Waals surface area contributed by atoms with Crippen LogP contribution in [0.3, 0.4) is 0 Å². The number of amides is 3. The second kappa shape index (κ2) is 2.55. The van der Waals surface area contributed by atoms with Crippen molar-refractivity contribution in [1.29, 1.82) is 0 Å². The molecule has 1 aliphatic heterocycles. The predicted octanol–water partition coefficient (Wildman–Crippen LogP) is -1.46. The third-order valence-electron chi connectivity index (χ3n) is 1.32. The summed E-state index contributed by atoms with van der Waals surface area (Å²) in [7, 11) is 0. The maximum Gasteiger partial charge on any atom is 0.312 e. The van der Waals surface area contributed by atoms with Gasteiger partial charge in [0, 0.05) is 13.0 Å². The van der Waals surface area contributed by atoms with Crippen LogP contribution in [0, 0.1) is 0 Å². The quantitative estimate of drug-likeness (QED) is 0.419. The molecule has 0 aliphatic carbocycles. The van der Waals surface area contributed by atoms with E-state index in [2.05, 4.69) is 10.6 Å². The van der Waals surface area contributed by atoms with E-state index in [0.717, 1.165) is 0 Å². The average molecular weight is 143 g/mol. The van der Waals surface area contributed by atoms with Gasteiger partial charge < -0.3 is 16.4 Å². The van der Waals surface area contributed by atoms with Crippen LogP contribution in [-0.4, -0.2) is 24.5 Å². The summed E-state index contributed by atoms with van der Waals surface area (Å²) in [6.07, 6.45) is 0.336. The van der Waals surface area contributed by atoms with Crippen molar-refractivity contribution in [1.82, 2.24) is 10.6 Å². The van der Waals surface area contributed by atoms with E-state index in [4.69, 9.17) is 5.73 Å². The van der Waals surface area contributed by atoms with E-state index in [1.165, 1.54) is 0 Å². The molecule has 1 rings (SSSR count). The van der Waals surface area contributed by atoms with E-state index in [1.807, 2.05) is 0 Å². The minimum Gasteiger partial charge on any atom is -0.354 e. The number of nitrogens with one attached hydrogen (secondary N) is 2. The number of primary amides is 1. The molecule has 10 heavy (non-hydrogen) atoms. The summed E-state index contributed by atoms with van der Waals surface area (Å²) in [5.41, 5.74) is 4.83. The maximum absolute atomic E-state index is 10.5. The third-order valence-corrected chi connectivity index (χ3v) is 1.32. The van der Waals surface area contributed by atoms with Crippen LogP contribution in [0.15, 0.2) is 0 Å². The first-order valence-corrected chi connectivity index (χ1v) is 3.01. The van der Waals surface area contributed by atoms with E-state index in [0.29, 0.717) is 13.0 Å². The normalized spacial score (nSPS) is 24.0. The Hall–Kier alpha value is -1.26. The summed E-state index contributed by atoms with van der Waals surface area (Å²) in [5, 5.41) is 4.99. The Labute approximate surface area is 58.0 Å². The molecule has 5 heteroatoms. The standard InChI is InChI=1S/C5H9N3O2/c6-5(10)8-3-1-4(9)7-2-3/h3H,1-2H2,(H,7,9)(H3,6,8,10). The van der Waals surface area contributed by atoms with Gasteiger partial charge in [-0.15, -0.1) is 0 Å². The monoisotopic (exact) mass is 143 g/mol. The van der Waals surface area contributed by atoms with Gasteiger partial charge in [-0.2, -0.15) is 0 Å². The molecule has 0 radical (unpaired) electrons. The first-order valence-electron chi connectivity index (χ1n) is 3.01. The summed E-state index contributed by atoms with van der Waals surface area (Å²) >= 11 is 0. The number of hydrogen-bond donors (Lipinski definition) is 3. The van der Waals surface area contributed by atoms with Gasteiger partial charge in [0.25, 0.3) is 0 Å². The lowest BCUT2D eigenvalue weighted by atomic mass is 10.3. The highest BCUT2D eigenvalue weighted by atomic mass is 16.2. The topological polar surface area (TPSA) is 84.2 Å². The summed E-state index contributed by atoms with van der Waals surface area (Å²) in [6.45, 7) is 0.488. The molecule has 1 heterocycles. The molecule has 0 saturated carbocycles. The van der Waals surface area contributed by atoms with Crippen molar-refractivity contribution in [2.24, 2.45) is 5.73 Å². The van der Waals surface area contributed by atoms with Gasteiger partial charge in [0.05, 0.1) is 6.04 Å². The van der Waals surface area contributed by atoms with E-state index >= 15 is 0 Å². The Morgan fingerprint density at radius 3 is 2.90 bits per heavy atom. The van der Waals surface area contributed by atoms with Gasteiger partial charge in [-0.05, 0) is 0 Å². The smallest absolute Gasteiger partial charge is 0.312 e. The first kappa shape index (κ1) is 6.85. The lowest BCUT2D eigenvalue weighted by Crippen LogP contribution is -2.39.